The third-order valence-corrected chi connectivity index (χ3v) is 5.91. The van der Waals surface area contributed by atoms with Gasteiger partial charge >= 0.3 is 0 Å². The first-order valence-electron chi connectivity index (χ1n) is 7.49. The van der Waals surface area contributed by atoms with E-state index in [1.54, 1.807) is 11.3 Å². The molecule has 7 heteroatoms. The third-order valence-electron chi connectivity index (χ3n) is 3.77. The van der Waals surface area contributed by atoms with Crippen LogP contribution in [0.25, 0.3) is 0 Å². The molecular formula is C16H21FN2O2S2. The summed E-state index contributed by atoms with van der Waals surface area (Å²) >= 11 is 1.59. The number of likely N-dealkylation sites (N-methyl/N-ethyl adjacent to an activating group) is 1. The maximum atomic E-state index is 13.0. The molecule has 0 spiro atoms. The second-order valence-electron chi connectivity index (χ2n) is 5.10. The molecule has 0 aliphatic carbocycles. The van der Waals surface area contributed by atoms with Gasteiger partial charge < -0.3 is 0 Å². The van der Waals surface area contributed by atoms with Crippen molar-refractivity contribution in [2.24, 2.45) is 0 Å². The molecule has 0 aliphatic heterocycles. The number of sulfonamides is 1. The van der Waals surface area contributed by atoms with E-state index in [1.807, 2.05) is 16.8 Å². The molecule has 1 N–H and O–H groups in total. The molecule has 0 bridgehead atoms. The number of hydrogen-bond donors (Lipinski definition) is 1. The second kappa shape index (κ2) is 8.01. The zero-order chi connectivity index (χ0) is 16.9. The SMILES string of the molecule is CCN(CC)[C@@H](CNS(=O)(=O)c1ccc(F)cc1)c1ccsc1. The fraction of sp³-hybridized carbons (Fsp3) is 0.375. The van der Waals surface area contributed by atoms with Gasteiger partial charge in [0.15, 0.2) is 0 Å². The summed E-state index contributed by atoms with van der Waals surface area (Å²) in [6, 6.07) is 6.83. The molecule has 1 aromatic heterocycles. The van der Waals surface area contributed by atoms with Gasteiger partial charge in [0.25, 0.3) is 0 Å². The van der Waals surface area contributed by atoms with E-state index in [1.165, 1.54) is 12.1 Å². The Morgan fingerprint density at radius 2 is 1.83 bits per heavy atom. The van der Waals surface area contributed by atoms with E-state index in [2.05, 4.69) is 23.5 Å². The lowest BCUT2D eigenvalue weighted by atomic mass is 10.1. The molecule has 23 heavy (non-hydrogen) atoms. The first-order chi connectivity index (χ1) is 11.0. The lowest BCUT2D eigenvalue weighted by Crippen LogP contribution is -2.37. The Morgan fingerprint density at radius 1 is 1.17 bits per heavy atom. The zero-order valence-electron chi connectivity index (χ0n) is 13.2. The maximum Gasteiger partial charge on any atom is 0.240 e. The first-order valence-corrected chi connectivity index (χ1v) is 9.92. The van der Waals surface area contributed by atoms with Crippen molar-refractivity contribution in [3.8, 4) is 0 Å². The number of benzene rings is 1. The van der Waals surface area contributed by atoms with Crippen LogP contribution >= 0.6 is 11.3 Å². The summed E-state index contributed by atoms with van der Waals surface area (Å²) in [5.74, 6) is -0.455. The number of halogens is 1. The Morgan fingerprint density at radius 3 is 2.35 bits per heavy atom. The molecule has 0 amide bonds. The summed E-state index contributed by atoms with van der Waals surface area (Å²) in [5.41, 5.74) is 1.10. The van der Waals surface area contributed by atoms with E-state index in [0.717, 1.165) is 30.8 Å². The second-order valence-corrected chi connectivity index (χ2v) is 7.65. The van der Waals surface area contributed by atoms with Crippen molar-refractivity contribution in [2.75, 3.05) is 19.6 Å². The van der Waals surface area contributed by atoms with E-state index in [9.17, 15) is 12.8 Å². The van der Waals surface area contributed by atoms with Crippen LogP contribution in [0.5, 0.6) is 0 Å². The molecule has 0 radical (unpaired) electrons. The van der Waals surface area contributed by atoms with Gasteiger partial charge in [-0.1, -0.05) is 13.8 Å². The van der Waals surface area contributed by atoms with Gasteiger partial charge in [-0.2, -0.15) is 11.3 Å². The van der Waals surface area contributed by atoms with Gasteiger partial charge in [0, 0.05) is 12.6 Å². The molecular weight excluding hydrogens is 335 g/mol. The molecule has 1 aromatic carbocycles. The van der Waals surface area contributed by atoms with E-state index >= 15 is 0 Å². The van der Waals surface area contributed by atoms with Crippen LogP contribution in [0.4, 0.5) is 4.39 Å². The van der Waals surface area contributed by atoms with Crippen molar-refractivity contribution in [1.82, 2.24) is 9.62 Å². The van der Waals surface area contributed by atoms with Crippen molar-refractivity contribution in [1.29, 1.82) is 0 Å². The smallest absolute Gasteiger partial charge is 0.240 e. The van der Waals surface area contributed by atoms with Crippen LogP contribution in [0.2, 0.25) is 0 Å². The van der Waals surface area contributed by atoms with Gasteiger partial charge in [-0.3, -0.25) is 4.90 Å². The van der Waals surface area contributed by atoms with Crippen LogP contribution in [0, 0.1) is 5.82 Å². The number of rotatable bonds is 8. The van der Waals surface area contributed by atoms with Gasteiger partial charge in [0.2, 0.25) is 10.0 Å². The normalized spacial score (nSPS) is 13.4. The zero-order valence-corrected chi connectivity index (χ0v) is 14.8. The maximum absolute atomic E-state index is 13.0. The molecule has 1 heterocycles. The minimum Gasteiger partial charge on any atom is -0.296 e. The van der Waals surface area contributed by atoms with Crippen molar-refractivity contribution < 1.29 is 12.8 Å². The average molecular weight is 356 g/mol. The van der Waals surface area contributed by atoms with Crippen LogP contribution in [-0.2, 0) is 10.0 Å². The molecule has 4 nitrogen and oxygen atoms in total. The molecule has 126 valence electrons. The third kappa shape index (κ3) is 4.60. The predicted octanol–water partition coefficient (Wildman–Crippen LogP) is 3.25. The molecule has 0 fully saturated rings. The molecule has 0 unspecified atom stereocenters. The molecule has 1 atom stereocenters. The van der Waals surface area contributed by atoms with E-state index in [0.29, 0.717) is 0 Å². The first kappa shape index (κ1) is 18.1. The summed E-state index contributed by atoms with van der Waals surface area (Å²) in [5, 5.41) is 4.02. The highest BCUT2D eigenvalue weighted by atomic mass is 32.2. The van der Waals surface area contributed by atoms with Gasteiger partial charge in [-0.05, 0) is 59.7 Å². The van der Waals surface area contributed by atoms with Crippen LogP contribution < -0.4 is 4.72 Å². The quantitative estimate of drug-likeness (QED) is 0.790. The van der Waals surface area contributed by atoms with Crippen molar-refractivity contribution in [3.63, 3.8) is 0 Å². The lowest BCUT2D eigenvalue weighted by Gasteiger charge is -2.29. The van der Waals surface area contributed by atoms with Crippen LogP contribution in [-0.4, -0.2) is 33.0 Å². The highest BCUT2D eigenvalue weighted by molar-refractivity contribution is 7.89. The standard InChI is InChI=1S/C16H21FN2O2S2/c1-3-19(4-2)16(13-9-10-22-12-13)11-18-23(20,21)15-7-5-14(17)6-8-15/h5-10,12,16,18H,3-4,11H2,1-2H3/t16-/m0/s1. The molecule has 0 aliphatic rings. The molecule has 0 saturated carbocycles. The highest BCUT2D eigenvalue weighted by Gasteiger charge is 2.22. The number of nitrogens with zero attached hydrogens (tertiary/aromatic N) is 1. The van der Waals surface area contributed by atoms with Crippen molar-refractivity contribution >= 4 is 21.4 Å². The Balaban J connectivity index is 2.16. The van der Waals surface area contributed by atoms with E-state index in [4.69, 9.17) is 0 Å². The van der Waals surface area contributed by atoms with Crippen molar-refractivity contribution in [2.45, 2.75) is 24.8 Å². The van der Waals surface area contributed by atoms with E-state index < -0.39 is 15.8 Å². The monoisotopic (exact) mass is 356 g/mol. The summed E-state index contributed by atoms with van der Waals surface area (Å²) < 4.78 is 40.3. The summed E-state index contributed by atoms with van der Waals surface area (Å²) in [6.07, 6.45) is 0. The van der Waals surface area contributed by atoms with Gasteiger partial charge in [-0.25, -0.2) is 17.5 Å². The minimum atomic E-state index is -3.65. The summed E-state index contributed by atoms with van der Waals surface area (Å²) in [6.45, 7) is 6.04. The summed E-state index contributed by atoms with van der Waals surface area (Å²) in [7, 11) is -3.65. The Labute approximate surface area is 141 Å². The Bertz CT molecular complexity index is 696. The highest BCUT2D eigenvalue weighted by Crippen LogP contribution is 2.23. The average Bonchev–Trinajstić information content (AvgIpc) is 3.06. The van der Waals surface area contributed by atoms with Crippen molar-refractivity contribution in [3.05, 3.63) is 52.5 Å². The van der Waals surface area contributed by atoms with E-state index in [-0.39, 0.29) is 17.5 Å². The van der Waals surface area contributed by atoms with Crippen LogP contribution in [0.15, 0.2) is 46.0 Å². The minimum absolute atomic E-state index is 0.0218. The van der Waals surface area contributed by atoms with Crippen LogP contribution in [0.1, 0.15) is 25.5 Å². The van der Waals surface area contributed by atoms with Gasteiger partial charge in [0.1, 0.15) is 5.82 Å². The molecule has 2 rings (SSSR count). The number of nitrogens with one attached hydrogen (secondary N) is 1. The lowest BCUT2D eigenvalue weighted by molar-refractivity contribution is 0.220. The van der Waals surface area contributed by atoms with Gasteiger partial charge in [-0.15, -0.1) is 0 Å². The fourth-order valence-electron chi connectivity index (χ4n) is 2.47. The topological polar surface area (TPSA) is 49.4 Å². The van der Waals surface area contributed by atoms with Crippen LogP contribution in [0.3, 0.4) is 0 Å². The number of hydrogen-bond acceptors (Lipinski definition) is 4. The molecule has 2 aromatic rings. The Kier molecular flexibility index (Phi) is 6.29. The summed E-state index contributed by atoms with van der Waals surface area (Å²) in [4.78, 5) is 2.28. The molecule has 0 saturated heterocycles. The number of thiophene rings is 1. The van der Waals surface area contributed by atoms with Gasteiger partial charge in [0.05, 0.1) is 4.90 Å². The largest absolute Gasteiger partial charge is 0.296 e. The predicted molar refractivity (Wildman–Crippen MR) is 91.6 cm³/mol. The Hall–Kier alpha value is -1.28. The fourth-order valence-corrected chi connectivity index (χ4v) is 4.22.